The average molecular weight is 254 g/mol. The summed E-state index contributed by atoms with van der Waals surface area (Å²) in [5, 5.41) is 8.77. The minimum Gasteiger partial charge on any atom is -0.391 e. The molecule has 0 fully saturated rings. The van der Waals surface area contributed by atoms with Gasteiger partial charge in [-0.1, -0.05) is 13.2 Å². The van der Waals surface area contributed by atoms with E-state index in [0.29, 0.717) is 0 Å². The molecule has 0 amide bonds. The van der Waals surface area contributed by atoms with E-state index in [4.69, 9.17) is 24.4 Å². The third kappa shape index (κ3) is 16.0. The number of hydrogen-bond donors (Lipinski definition) is 4. The van der Waals surface area contributed by atoms with Gasteiger partial charge in [0.25, 0.3) is 0 Å². The topological polar surface area (TPSA) is 98.0 Å². The maximum Gasteiger partial charge on any atom is 0.466 e. The van der Waals surface area contributed by atoms with Gasteiger partial charge in [-0.3, -0.25) is 0 Å². The molecule has 0 aliphatic carbocycles. The molecule has 0 atom stereocenters. The van der Waals surface area contributed by atoms with E-state index in [9.17, 15) is 0 Å². The first-order valence-electron chi connectivity index (χ1n) is 4.63. The van der Waals surface area contributed by atoms with E-state index in [1.165, 1.54) is 0 Å². The normalized spacial score (nSPS) is 11.3. The minimum absolute atomic E-state index is 0.220. The molecule has 0 aliphatic heterocycles. The van der Waals surface area contributed by atoms with Gasteiger partial charge < -0.3 is 24.3 Å². The number of rotatable bonds is 6. The van der Waals surface area contributed by atoms with Crippen LogP contribution in [0.3, 0.4) is 0 Å². The second-order valence-corrected chi connectivity index (χ2v) is 4.55. The molecule has 0 heterocycles. The van der Waals surface area contributed by atoms with Crippen molar-refractivity contribution in [2.75, 3.05) is 33.3 Å². The molecule has 0 rings (SSSR count). The highest BCUT2D eigenvalue weighted by Crippen LogP contribution is 2.25. The molecule has 0 unspecified atom stereocenters. The van der Waals surface area contributed by atoms with Crippen molar-refractivity contribution in [3.8, 4) is 0 Å². The summed E-state index contributed by atoms with van der Waals surface area (Å²) in [6, 6.07) is 0. The SMILES string of the molecule is C=CC[N+](C)(CC=C)CCO.O=P(O)(O)O. The van der Waals surface area contributed by atoms with Crippen molar-refractivity contribution >= 4 is 7.82 Å². The van der Waals surface area contributed by atoms with Crippen molar-refractivity contribution < 1.29 is 28.8 Å². The monoisotopic (exact) mass is 254 g/mol. The van der Waals surface area contributed by atoms with E-state index in [1.54, 1.807) is 0 Å². The molecule has 4 N–H and O–H groups in total. The van der Waals surface area contributed by atoms with E-state index in [1.807, 2.05) is 12.2 Å². The minimum atomic E-state index is -4.64. The van der Waals surface area contributed by atoms with Crippen LogP contribution in [-0.4, -0.2) is 57.6 Å². The lowest BCUT2D eigenvalue weighted by atomic mass is 10.3. The summed E-state index contributed by atoms with van der Waals surface area (Å²) in [7, 11) is -2.56. The molecule has 0 aliphatic rings. The van der Waals surface area contributed by atoms with Crippen LogP contribution in [-0.2, 0) is 4.57 Å². The van der Waals surface area contributed by atoms with Gasteiger partial charge >= 0.3 is 7.82 Å². The number of hydrogen-bond acceptors (Lipinski definition) is 2. The molecule has 0 saturated carbocycles. The summed E-state index contributed by atoms with van der Waals surface area (Å²) >= 11 is 0. The van der Waals surface area contributed by atoms with Crippen LogP contribution >= 0.6 is 7.82 Å². The Labute approximate surface area is 96.0 Å². The number of nitrogens with zero attached hydrogens (tertiary/aromatic N) is 1. The second-order valence-electron chi connectivity index (χ2n) is 3.52. The first kappa shape index (κ1) is 17.9. The predicted molar refractivity (Wildman–Crippen MR) is 62.5 cm³/mol. The quantitative estimate of drug-likeness (QED) is 0.301. The van der Waals surface area contributed by atoms with Crippen LogP contribution in [0.1, 0.15) is 0 Å². The van der Waals surface area contributed by atoms with Crippen LogP contribution in [0.2, 0.25) is 0 Å². The lowest BCUT2D eigenvalue weighted by Gasteiger charge is -2.31. The van der Waals surface area contributed by atoms with Crippen molar-refractivity contribution in [1.82, 2.24) is 0 Å². The van der Waals surface area contributed by atoms with Crippen LogP contribution in [0.25, 0.3) is 0 Å². The fourth-order valence-corrected chi connectivity index (χ4v) is 1.12. The Morgan fingerprint density at radius 3 is 1.69 bits per heavy atom. The van der Waals surface area contributed by atoms with Gasteiger partial charge in [0.1, 0.15) is 6.54 Å². The number of quaternary nitrogens is 1. The third-order valence-corrected chi connectivity index (χ3v) is 1.78. The number of aliphatic hydroxyl groups is 1. The summed E-state index contributed by atoms with van der Waals surface area (Å²) < 4.78 is 9.68. The fourth-order valence-electron chi connectivity index (χ4n) is 1.12. The zero-order chi connectivity index (χ0) is 13.2. The van der Waals surface area contributed by atoms with Crippen molar-refractivity contribution in [1.29, 1.82) is 0 Å². The Balaban J connectivity index is 0. The second kappa shape index (κ2) is 8.64. The van der Waals surface area contributed by atoms with E-state index < -0.39 is 7.82 Å². The van der Waals surface area contributed by atoms with E-state index in [-0.39, 0.29) is 6.61 Å². The standard InChI is InChI=1S/C9H18NO.H3O4P/c1-4-6-10(3,7-5-2)8-9-11;1-5(2,3)4/h4-5,11H,1-2,6-9H2,3H3;(H3,1,2,3,4)/q+1;. The maximum absolute atomic E-state index is 8.88. The molecule has 7 heteroatoms. The predicted octanol–water partition coefficient (Wildman–Crippen LogP) is -0.131. The zero-order valence-corrected chi connectivity index (χ0v) is 10.4. The Hall–Kier alpha value is -0.490. The Kier molecular flexibility index (Phi) is 9.66. The highest BCUT2D eigenvalue weighted by molar-refractivity contribution is 7.45. The number of phosphoric acid groups is 1. The van der Waals surface area contributed by atoms with Crippen LogP contribution < -0.4 is 0 Å². The third-order valence-electron chi connectivity index (χ3n) is 1.78. The summed E-state index contributed by atoms with van der Waals surface area (Å²) in [5.74, 6) is 0. The van der Waals surface area contributed by atoms with Gasteiger partial charge in [0.15, 0.2) is 0 Å². The van der Waals surface area contributed by atoms with Crippen LogP contribution in [0.4, 0.5) is 0 Å². The smallest absolute Gasteiger partial charge is 0.391 e. The maximum atomic E-state index is 8.88. The van der Waals surface area contributed by atoms with Crippen molar-refractivity contribution in [2.45, 2.75) is 0 Å². The fraction of sp³-hybridized carbons (Fsp3) is 0.556. The number of likely N-dealkylation sites (N-methyl/N-ethyl adjacent to an activating group) is 1. The first-order chi connectivity index (χ1) is 7.18. The van der Waals surface area contributed by atoms with Crippen molar-refractivity contribution in [3.63, 3.8) is 0 Å². The average Bonchev–Trinajstić information content (AvgIpc) is 2.01. The van der Waals surface area contributed by atoms with Gasteiger partial charge in [-0.05, 0) is 12.2 Å². The molecule has 0 saturated heterocycles. The molecule has 0 aromatic carbocycles. The zero-order valence-electron chi connectivity index (χ0n) is 9.49. The lowest BCUT2D eigenvalue weighted by molar-refractivity contribution is -0.898. The number of aliphatic hydroxyl groups excluding tert-OH is 1. The van der Waals surface area contributed by atoms with E-state index in [0.717, 1.165) is 24.1 Å². The Morgan fingerprint density at radius 1 is 1.19 bits per heavy atom. The van der Waals surface area contributed by atoms with Crippen LogP contribution in [0, 0.1) is 0 Å². The summed E-state index contributed by atoms with van der Waals surface area (Å²) in [4.78, 5) is 21.6. The van der Waals surface area contributed by atoms with Crippen LogP contribution in [0.5, 0.6) is 0 Å². The molecule has 16 heavy (non-hydrogen) atoms. The summed E-state index contributed by atoms with van der Waals surface area (Å²) in [5.41, 5.74) is 0. The molecule has 0 aromatic rings. The highest BCUT2D eigenvalue weighted by atomic mass is 31.2. The van der Waals surface area contributed by atoms with Gasteiger partial charge in [-0.15, -0.1) is 0 Å². The van der Waals surface area contributed by atoms with Crippen LogP contribution in [0.15, 0.2) is 25.3 Å². The Bertz CT molecular complexity index is 232. The van der Waals surface area contributed by atoms with E-state index in [2.05, 4.69) is 20.2 Å². The van der Waals surface area contributed by atoms with E-state index >= 15 is 0 Å². The molecule has 6 nitrogen and oxygen atoms in total. The lowest BCUT2D eigenvalue weighted by Crippen LogP contribution is -2.46. The van der Waals surface area contributed by atoms with Gasteiger partial charge in [0, 0.05) is 0 Å². The Morgan fingerprint density at radius 2 is 1.50 bits per heavy atom. The molecule has 0 radical (unpaired) electrons. The van der Waals surface area contributed by atoms with Crippen molar-refractivity contribution in [3.05, 3.63) is 25.3 Å². The molecule has 0 aromatic heterocycles. The molecule has 96 valence electrons. The largest absolute Gasteiger partial charge is 0.466 e. The van der Waals surface area contributed by atoms with Gasteiger partial charge in [-0.25, -0.2) is 4.57 Å². The molecule has 0 bridgehead atoms. The first-order valence-corrected chi connectivity index (χ1v) is 6.19. The summed E-state index contributed by atoms with van der Waals surface area (Å²) in [6.07, 6.45) is 3.75. The van der Waals surface area contributed by atoms with Gasteiger partial charge in [0.2, 0.25) is 0 Å². The van der Waals surface area contributed by atoms with Gasteiger partial charge in [-0.2, -0.15) is 0 Å². The molecule has 0 spiro atoms. The summed E-state index contributed by atoms with van der Waals surface area (Å²) in [6.45, 7) is 10.1. The molecular formula is C9H21NO5P+. The molecular weight excluding hydrogens is 233 g/mol. The highest BCUT2D eigenvalue weighted by Gasteiger charge is 2.15. The van der Waals surface area contributed by atoms with Crippen molar-refractivity contribution in [2.24, 2.45) is 0 Å². The van der Waals surface area contributed by atoms with Gasteiger partial charge in [0.05, 0.1) is 26.7 Å².